The molecule has 0 radical (unpaired) electrons. The van der Waals surface area contributed by atoms with Crippen LogP contribution in [0, 0.1) is 11.8 Å². The summed E-state index contributed by atoms with van der Waals surface area (Å²) in [5.74, 6) is -0.869. The zero-order valence-electron chi connectivity index (χ0n) is 16.0. The van der Waals surface area contributed by atoms with Crippen LogP contribution in [-0.2, 0) is 38.0 Å². The van der Waals surface area contributed by atoms with Crippen LogP contribution in [0.4, 0.5) is 0 Å². The fourth-order valence-corrected chi connectivity index (χ4v) is 2.67. The van der Waals surface area contributed by atoms with Gasteiger partial charge in [-0.3, -0.25) is 9.59 Å². The molecular weight excluding hydrogens is 344 g/mol. The summed E-state index contributed by atoms with van der Waals surface area (Å²) >= 11 is 0. The second-order valence-corrected chi connectivity index (χ2v) is 6.16. The minimum absolute atomic E-state index is 0.000405. The van der Waals surface area contributed by atoms with E-state index in [9.17, 15) is 9.59 Å². The number of carbonyl (C=O) groups is 2. The minimum Gasteiger partial charge on any atom is -0.499 e. The zero-order valence-corrected chi connectivity index (χ0v) is 16.0. The van der Waals surface area contributed by atoms with Crippen molar-refractivity contribution < 1.29 is 38.0 Å². The van der Waals surface area contributed by atoms with Gasteiger partial charge in [0.1, 0.15) is 25.4 Å². The number of esters is 2. The Morgan fingerprint density at radius 3 is 2.35 bits per heavy atom. The largest absolute Gasteiger partial charge is 0.499 e. The van der Waals surface area contributed by atoms with Crippen molar-refractivity contribution in [1.29, 1.82) is 0 Å². The Bertz CT molecular complexity index is 452. The quantitative estimate of drug-likeness (QED) is 0.306. The maximum absolute atomic E-state index is 11.4. The molecule has 5 unspecified atom stereocenters. The lowest BCUT2D eigenvalue weighted by atomic mass is 9.84. The second kappa shape index (κ2) is 11.9. The highest BCUT2D eigenvalue weighted by Gasteiger charge is 2.44. The van der Waals surface area contributed by atoms with Crippen molar-refractivity contribution in [3.05, 3.63) is 12.8 Å². The molecule has 150 valence electrons. The van der Waals surface area contributed by atoms with Crippen molar-refractivity contribution in [3.8, 4) is 0 Å². The third-order valence-electron chi connectivity index (χ3n) is 4.18. The van der Waals surface area contributed by atoms with Crippen LogP contribution < -0.4 is 0 Å². The SMILES string of the molecule is C=COCCOCCOC1OC(COC(C)=O)C(OC(C)=O)C(C)C1C. The zero-order chi connectivity index (χ0) is 19.5. The summed E-state index contributed by atoms with van der Waals surface area (Å²) in [4.78, 5) is 22.5. The van der Waals surface area contributed by atoms with Gasteiger partial charge in [0.25, 0.3) is 0 Å². The molecule has 1 heterocycles. The molecule has 1 aliphatic rings. The minimum atomic E-state index is -0.582. The van der Waals surface area contributed by atoms with Crippen LogP contribution in [-0.4, -0.2) is 63.5 Å². The monoisotopic (exact) mass is 374 g/mol. The Morgan fingerprint density at radius 2 is 1.73 bits per heavy atom. The van der Waals surface area contributed by atoms with Crippen LogP contribution in [0.2, 0.25) is 0 Å². The molecule has 8 heteroatoms. The molecule has 26 heavy (non-hydrogen) atoms. The van der Waals surface area contributed by atoms with Gasteiger partial charge in [0.15, 0.2) is 6.29 Å². The molecular formula is C18H30O8. The van der Waals surface area contributed by atoms with E-state index in [-0.39, 0.29) is 18.4 Å². The molecule has 0 bridgehead atoms. The Labute approximate surface area is 154 Å². The summed E-state index contributed by atoms with van der Waals surface area (Å²) in [6.45, 7) is 11.6. The number of hydrogen-bond donors (Lipinski definition) is 0. The van der Waals surface area contributed by atoms with Gasteiger partial charge in [0.05, 0.1) is 26.1 Å². The summed E-state index contributed by atoms with van der Waals surface area (Å²) in [5.41, 5.74) is 0. The standard InChI is InChI=1S/C18H30O8/c1-6-21-7-8-22-9-10-23-18-13(3)12(2)17(25-15(5)20)16(26-18)11-24-14(4)19/h6,12-13,16-18H,1,7-11H2,2-5H3. The predicted molar refractivity (Wildman–Crippen MR) is 92.1 cm³/mol. The van der Waals surface area contributed by atoms with Gasteiger partial charge in [0, 0.05) is 25.7 Å². The van der Waals surface area contributed by atoms with Crippen molar-refractivity contribution >= 4 is 11.9 Å². The smallest absolute Gasteiger partial charge is 0.303 e. The molecule has 8 nitrogen and oxygen atoms in total. The molecule has 0 aromatic rings. The fourth-order valence-electron chi connectivity index (χ4n) is 2.67. The summed E-state index contributed by atoms with van der Waals surface area (Å²) < 4.78 is 32.5. The summed E-state index contributed by atoms with van der Waals surface area (Å²) in [6.07, 6.45) is -0.234. The second-order valence-electron chi connectivity index (χ2n) is 6.16. The number of hydrogen-bond acceptors (Lipinski definition) is 8. The van der Waals surface area contributed by atoms with Gasteiger partial charge in [-0.15, -0.1) is 0 Å². The number of carbonyl (C=O) groups excluding carboxylic acids is 2. The molecule has 1 fully saturated rings. The van der Waals surface area contributed by atoms with Crippen molar-refractivity contribution in [2.45, 2.75) is 46.2 Å². The third-order valence-corrected chi connectivity index (χ3v) is 4.18. The first-order valence-electron chi connectivity index (χ1n) is 8.74. The Kier molecular flexibility index (Phi) is 10.2. The highest BCUT2D eigenvalue weighted by molar-refractivity contribution is 5.66. The lowest BCUT2D eigenvalue weighted by Crippen LogP contribution is -2.53. The Balaban J connectivity index is 2.54. The van der Waals surface area contributed by atoms with Crippen LogP contribution >= 0.6 is 0 Å². The topological polar surface area (TPSA) is 89.5 Å². The van der Waals surface area contributed by atoms with E-state index in [0.717, 1.165) is 0 Å². The average Bonchev–Trinajstić information content (AvgIpc) is 2.58. The highest BCUT2D eigenvalue weighted by Crippen LogP contribution is 2.33. The van der Waals surface area contributed by atoms with Gasteiger partial charge in [-0.2, -0.15) is 0 Å². The predicted octanol–water partition coefficient (Wildman–Crippen LogP) is 1.67. The molecule has 0 aliphatic carbocycles. The van der Waals surface area contributed by atoms with Gasteiger partial charge in [-0.1, -0.05) is 20.4 Å². The highest BCUT2D eigenvalue weighted by atomic mass is 16.7. The van der Waals surface area contributed by atoms with Crippen molar-refractivity contribution in [1.82, 2.24) is 0 Å². The van der Waals surface area contributed by atoms with Crippen LogP contribution in [0.25, 0.3) is 0 Å². The van der Waals surface area contributed by atoms with Gasteiger partial charge in [-0.05, 0) is 0 Å². The summed E-state index contributed by atoms with van der Waals surface area (Å²) in [5, 5.41) is 0. The molecule has 1 saturated heterocycles. The van der Waals surface area contributed by atoms with Crippen LogP contribution in [0.5, 0.6) is 0 Å². The van der Waals surface area contributed by atoms with Gasteiger partial charge < -0.3 is 28.4 Å². The molecule has 1 rings (SSSR count). The van der Waals surface area contributed by atoms with Crippen molar-refractivity contribution in [2.75, 3.05) is 33.0 Å². The molecule has 0 aromatic carbocycles. The molecule has 0 saturated carbocycles. The maximum atomic E-state index is 11.4. The van der Waals surface area contributed by atoms with Crippen molar-refractivity contribution in [2.24, 2.45) is 11.8 Å². The normalized spacial score (nSPS) is 28.2. The first kappa shape index (κ1) is 22.4. The lowest BCUT2D eigenvalue weighted by molar-refractivity contribution is -0.275. The Hall–Kier alpha value is -1.64. The van der Waals surface area contributed by atoms with E-state index < -0.39 is 30.4 Å². The first-order valence-corrected chi connectivity index (χ1v) is 8.74. The fraction of sp³-hybridized carbons (Fsp3) is 0.778. The molecule has 0 amide bonds. The van der Waals surface area contributed by atoms with Crippen LogP contribution in [0.1, 0.15) is 27.7 Å². The van der Waals surface area contributed by atoms with E-state index >= 15 is 0 Å². The lowest BCUT2D eigenvalue weighted by Gasteiger charge is -2.43. The van der Waals surface area contributed by atoms with Crippen LogP contribution in [0.15, 0.2) is 12.8 Å². The number of rotatable bonds is 11. The summed E-state index contributed by atoms with van der Waals surface area (Å²) in [7, 11) is 0. The molecule has 0 aromatic heterocycles. The van der Waals surface area contributed by atoms with E-state index in [1.54, 1.807) is 0 Å². The first-order chi connectivity index (χ1) is 12.4. The van der Waals surface area contributed by atoms with E-state index in [1.807, 2.05) is 13.8 Å². The maximum Gasteiger partial charge on any atom is 0.303 e. The van der Waals surface area contributed by atoms with E-state index in [0.29, 0.717) is 26.4 Å². The Morgan fingerprint density at radius 1 is 1.04 bits per heavy atom. The van der Waals surface area contributed by atoms with Gasteiger partial charge in [0.2, 0.25) is 0 Å². The summed E-state index contributed by atoms with van der Waals surface area (Å²) in [6, 6.07) is 0. The molecule has 0 N–H and O–H groups in total. The van der Waals surface area contributed by atoms with Gasteiger partial charge >= 0.3 is 11.9 Å². The van der Waals surface area contributed by atoms with Crippen LogP contribution in [0.3, 0.4) is 0 Å². The number of ether oxygens (including phenoxy) is 6. The van der Waals surface area contributed by atoms with E-state index in [2.05, 4.69) is 6.58 Å². The van der Waals surface area contributed by atoms with E-state index in [4.69, 9.17) is 28.4 Å². The van der Waals surface area contributed by atoms with Crippen molar-refractivity contribution in [3.63, 3.8) is 0 Å². The third kappa shape index (κ3) is 7.72. The molecule has 5 atom stereocenters. The average molecular weight is 374 g/mol. The molecule has 1 aliphatic heterocycles. The van der Waals surface area contributed by atoms with E-state index in [1.165, 1.54) is 20.1 Å². The van der Waals surface area contributed by atoms with Gasteiger partial charge in [-0.25, -0.2) is 0 Å². The molecule has 0 spiro atoms.